The molecule has 1 atom stereocenters. The molecule has 2 aromatic carbocycles. The molecule has 2 fully saturated rings. The summed E-state index contributed by atoms with van der Waals surface area (Å²) >= 11 is 0. The number of rotatable bonds is 7. The summed E-state index contributed by atoms with van der Waals surface area (Å²) in [5, 5.41) is 2.79. The van der Waals surface area contributed by atoms with E-state index < -0.39 is 39.5 Å². The molecular formula is C29H32F4N6O3S. The molecule has 2 aliphatic rings. The number of hydrogen-bond donors (Lipinski definition) is 1. The molecule has 14 heteroatoms. The number of hydrogen-bond acceptors (Lipinski definition) is 7. The van der Waals surface area contributed by atoms with E-state index in [-0.39, 0.29) is 18.0 Å². The first-order chi connectivity index (χ1) is 20.4. The highest BCUT2D eigenvalue weighted by Crippen LogP contribution is 2.31. The lowest BCUT2D eigenvalue weighted by Gasteiger charge is -2.24. The molecule has 0 aliphatic carbocycles. The molecule has 0 radical (unpaired) electrons. The van der Waals surface area contributed by atoms with Crippen molar-refractivity contribution < 1.29 is 30.8 Å². The Morgan fingerprint density at radius 2 is 1.67 bits per heavy atom. The smallest absolute Gasteiger partial charge is 0.349 e. The molecule has 43 heavy (non-hydrogen) atoms. The van der Waals surface area contributed by atoms with E-state index >= 15 is 0 Å². The highest BCUT2D eigenvalue weighted by molar-refractivity contribution is 7.89. The van der Waals surface area contributed by atoms with Crippen molar-refractivity contribution in [1.29, 1.82) is 0 Å². The summed E-state index contributed by atoms with van der Waals surface area (Å²) in [6.45, 7) is 3.12. The molecule has 5 rings (SSSR count). The fourth-order valence-electron chi connectivity index (χ4n) is 5.27. The van der Waals surface area contributed by atoms with Crippen LogP contribution in [0, 0.1) is 5.82 Å². The number of halogens is 4. The van der Waals surface area contributed by atoms with Gasteiger partial charge in [0.1, 0.15) is 11.9 Å². The number of benzene rings is 2. The summed E-state index contributed by atoms with van der Waals surface area (Å²) in [7, 11) is -2.01. The number of anilines is 1. The second-order valence-electron chi connectivity index (χ2n) is 10.7. The van der Waals surface area contributed by atoms with Gasteiger partial charge in [-0.2, -0.15) is 17.5 Å². The van der Waals surface area contributed by atoms with Crippen LogP contribution >= 0.6 is 0 Å². The van der Waals surface area contributed by atoms with Crippen LogP contribution in [0.15, 0.2) is 59.5 Å². The zero-order valence-corrected chi connectivity index (χ0v) is 24.3. The van der Waals surface area contributed by atoms with Crippen molar-refractivity contribution in [2.24, 2.45) is 0 Å². The Kier molecular flexibility index (Phi) is 8.99. The van der Waals surface area contributed by atoms with Crippen molar-refractivity contribution in [3.05, 3.63) is 71.7 Å². The number of nitrogens with one attached hydrogen (secondary N) is 1. The molecule has 3 aromatic rings. The van der Waals surface area contributed by atoms with Gasteiger partial charge >= 0.3 is 6.18 Å². The van der Waals surface area contributed by atoms with Gasteiger partial charge in [-0.05, 0) is 75.3 Å². The van der Waals surface area contributed by atoms with Crippen LogP contribution in [-0.2, 0) is 27.5 Å². The van der Waals surface area contributed by atoms with Crippen LogP contribution in [0.3, 0.4) is 0 Å². The summed E-state index contributed by atoms with van der Waals surface area (Å²) in [4.78, 5) is 26.7. The van der Waals surface area contributed by atoms with Crippen LogP contribution in [0.5, 0.6) is 0 Å². The van der Waals surface area contributed by atoms with Crippen LogP contribution in [-0.4, -0.2) is 79.3 Å². The maximum Gasteiger partial charge on any atom is 0.416 e. The van der Waals surface area contributed by atoms with Gasteiger partial charge in [0.05, 0.1) is 28.4 Å². The highest BCUT2D eigenvalue weighted by Gasteiger charge is 2.39. The van der Waals surface area contributed by atoms with E-state index in [4.69, 9.17) is 0 Å². The van der Waals surface area contributed by atoms with Crippen LogP contribution in [0.1, 0.15) is 30.5 Å². The third kappa shape index (κ3) is 7.13. The largest absolute Gasteiger partial charge is 0.416 e. The Labute approximate surface area is 247 Å². The molecule has 1 aromatic heterocycles. The van der Waals surface area contributed by atoms with E-state index in [1.165, 1.54) is 24.3 Å². The quantitative estimate of drug-likeness (QED) is 0.400. The fourth-order valence-corrected chi connectivity index (χ4v) is 6.92. The molecule has 3 heterocycles. The standard InChI is InChI=1S/C29H32F4N6O3S/c1-37-13-3-14-38(17-16-37)28-35-23(18-25(36-28)20-5-7-21(8-6-20)29(31,32)33)19-34-27(40)26-4-2-15-39(26)43(41,42)24-11-9-22(30)10-12-24/h5-12,18,26H,2-4,13-17,19H2,1H3,(H,34,40). The van der Waals surface area contributed by atoms with Gasteiger partial charge in [-0.15, -0.1) is 0 Å². The van der Waals surface area contributed by atoms with E-state index in [9.17, 15) is 30.8 Å². The van der Waals surface area contributed by atoms with Crippen molar-refractivity contribution in [3.63, 3.8) is 0 Å². The summed E-state index contributed by atoms with van der Waals surface area (Å²) in [5.41, 5.74) is 0.521. The van der Waals surface area contributed by atoms with Crippen molar-refractivity contribution in [1.82, 2.24) is 24.5 Å². The van der Waals surface area contributed by atoms with Crippen molar-refractivity contribution >= 4 is 21.9 Å². The number of sulfonamides is 1. The lowest BCUT2D eigenvalue weighted by atomic mass is 10.1. The first kappa shape index (κ1) is 30.8. The van der Waals surface area contributed by atoms with Crippen molar-refractivity contribution in [2.75, 3.05) is 44.7 Å². The van der Waals surface area contributed by atoms with Gasteiger partial charge in [0.25, 0.3) is 0 Å². The van der Waals surface area contributed by atoms with Crippen molar-refractivity contribution in [3.8, 4) is 11.3 Å². The molecular weight excluding hydrogens is 588 g/mol. The van der Waals surface area contributed by atoms with Gasteiger partial charge in [0, 0.05) is 31.7 Å². The molecule has 0 spiro atoms. The van der Waals surface area contributed by atoms with Crippen LogP contribution < -0.4 is 10.2 Å². The van der Waals surface area contributed by atoms with Gasteiger partial charge in [-0.25, -0.2) is 22.8 Å². The highest BCUT2D eigenvalue weighted by atomic mass is 32.2. The second-order valence-corrected chi connectivity index (χ2v) is 12.6. The summed E-state index contributed by atoms with van der Waals surface area (Å²) in [5.74, 6) is -0.670. The minimum atomic E-state index is -4.47. The van der Waals surface area contributed by atoms with E-state index in [0.717, 1.165) is 48.1 Å². The number of carbonyl (C=O) groups excluding carboxylic acids is 1. The minimum Gasteiger partial charge on any atom is -0.349 e. The lowest BCUT2D eigenvalue weighted by molar-refractivity contribution is -0.137. The zero-order chi connectivity index (χ0) is 30.8. The first-order valence-electron chi connectivity index (χ1n) is 14.0. The van der Waals surface area contributed by atoms with Gasteiger partial charge in [0.2, 0.25) is 21.9 Å². The number of alkyl halides is 3. The lowest BCUT2D eigenvalue weighted by Crippen LogP contribution is -2.45. The van der Waals surface area contributed by atoms with Gasteiger partial charge in [0.15, 0.2) is 0 Å². The Hall–Kier alpha value is -3.62. The Morgan fingerprint density at radius 3 is 2.37 bits per heavy atom. The molecule has 9 nitrogen and oxygen atoms in total. The summed E-state index contributed by atoms with van der Waals surface area (Å²) in [6, 6.07) is 9.81. The average Bonchev–Trinajstić information content (AvgIpc) is 3.39. The predicted octanol–water partition coefficient (Wildman–Crippen LogP) is 3.91. The second kappa shape index (κ2) is 12.5. The third-order valence-corrected chi connectivity index (χ3v) is 9.57. The predicted molar refractivity (Wildman–Crippen MR) is 152 cm³/mol. The number of nitrogens with zero attached hydrogens (tertiary/aromatic N) is 5. The maximum absolute atomic E-state index is 13.4. The van der Waals surface area contributed by atoms with Crippen LogP contribution in [0.25, 0.3) is 11.3 Å². The Bertz CT molecular complexity index is 1550. The number of aromatic nitrogens is 2. The van der Waals surface area contributed by atoms with Gasteiger partial charge in [-0.3, -0.25) is 4.79 Å². The molecule has 0 saturated carbocycles. The van der Waals surface area contributed by atoms with Gasteiger partial charge < -0.3 is 15.1 Å². The third-order valence-electron chi connectivity index (χ3n) is 7.65. The van der Waals surface area contributed by atoms with Crippen LogP contribution in [0.4, 0.5) is 23.5 Å². The molecule has 1 unspecified atom stereocenters. The normalized spacial score (nSPS) is 18.9. The molecule has 2 aliphatic heterocycles. The average molecular weight is 621 g/mol. The molecule has 1 amide bonds. The maximum atomic E-state index is 13.4. The first-order valence-corrected chi connectivity index (χ1v) is 15.4. The van der Waals surface area contributed by atoms with Gasteiger partial charge in [-0.1, -0.05) is 12.1 Å². The van der Waals surface area contributed by atoms with E-state index in [0.29, 0.717) is 48.8 Å². The van der Waals surface area contributed by atoms with E-state index in [2.05, 4.69) is 20.2 Å². The Morgan fingerprint density at radius 1 is 0.953 bits per heavy atom. The van der Waals surface area contributed by atoms with Crippen LogP contribution in [0.2, 0.25) is 0 Å². The van der Waals surface area contributed by atoms with E-state index in [1.54, 1.807) is 6.07 Å². The summed E-state index contributed by atoms with van der Waals surface area (Å²) < 4.78 is 80.4. The number of amides is 1. The minimum absolute atomic E-state index is 0.0450. The molecule has 230 valence electrons. The fraction of sp³-hybridized carbons (Fsp3) is 0.414. The van der Waals surface area contributed by atoms with Crippen molar-refractivity contribution in [2.45, 2.75) is 42.9 Å². The monoisotopic (exact) mass is 620 g/mol. The zero-order valence-electron chi connectivity index (χ0n) is 23.5. The summed E-state index contributed by atoms with van der Waals surface area (Å²) in [6.07, 6.45) is -2.80. The molecule has 2 saturated heterocycles. The Balaban J connectivity index is 1.38. The SMILES string of the molecule is CN1CCCN(c2nc(CNC(=O)C3CCCN3S(=O)(=O)c3ccc(F)cc3)cc(-c3ccc(C(F)(F)F)cc3)n2)CC1. The topological polar surface area (TPSA) is 98.7 Å². The molecule has 1 N–H and O–H groups in total. The molecule has 0 bridgehead atoms. The number of carbonyl (C=O) groups is 1. The number of likely N-dealkylation sites (N-methyl/N-ethyl adjacent to an activating group) is 1. The van der Waals surface area contributed by atoms with E-state index in [1.807, 2.05) is 11.9 Å².